The van der Waals surface area contributed by atoms with Crippen molar-refractivity contribution in [2.24, 2.45) is 0 Å². The van der Waals surface area contributed by atoms with Gasteiger partial charge in [-0.05, 0) is 33.0 Å². The van der Waals surface area contributed by atoms with Gasteiger partial charge in [0.15, 0.2) is 19.5 Å². The summed E-state index contributed by atoms with van der Waals surface area (Å²) in [4.78, 5) is 19.2. The van der Waals surface area contributed by atoms with Crippen molar-refractivity contribution < 1.29 is 9.59 Å². The summed E-state index contributed by atoms with van der Waals surface area (Å²) >= 11 is 0. The van der Waals surface area contributed by atoms with Gasteiger partial charge in [-0.1, -0.05) is 65.8 Å². The molecule has 0 aliphatic carbocycles. The van der Waals surface area contributed by atoms with Crippen molar-refractivity contribution in [1.82, 2.24) is 0 Å². The summed E-state index contributed by atoms with van der Waals surface area (Å²) in [6.45, 7) is 13.0. The molecule has 0 aliphatic heterocycles. The van der Waals surface area contributed by atoms with Gasteiger partial charge >= 0.3 is 0 Å². The average Bonchev–Trinajstić information content (AvgIpc) is 2.45. The zero-order valence-corrected chi connectivity index (χ0v) is 16.6. The fourth-order valence-corrected chi connectivity index (χ4v) is 3.27. The van der Waals surface area contributed by atoms with Gasteiger partial charge in [-0.15, -0.1) is 0 Å². The maximum Gasteiger partial charge on any atom is 0.162 e. The Balaban J connectivity index is 2.95. The molecule has 0 heterocycles. The topological polar surface area (TPSA) is 40.5 Å². The molecule has 2 nitrogen and oxygen atoms in total. The molecule has 20 heavy (non-hydrogen) atoms. The number of rotatable bonds is 6. The van der Waals surface area contributed by atoms with Crippen LogP contribution < -0.4 is 0 Å². The van der Waals surface area contributed by atoms with Crippen LogP contribution >= 0.6 is 0 Å². The first-order valence-corrected chi connectivity index (χ1v) is 10.1. The Labute approximate surface area is 128 Å². The van der Waals surface area contributed by atoms with E-state index in [2.05, 4.69) is 65.8 Å². The van der Waals surface area contributed by atoms with E-state index in [0.29, 0.717) is 11.8 Å². The fraction of sp³-hybridized carbons (Fsp3) is 0.625. The summed E-state index contributed by atoms with van der Waals surface area (Å²) in [5, 5.41) is 0.0643. The maximum absolute atomic E-state index is 9.62. The van der Waals surface area contributed by atoms with Crippen molar-refractivity contribution in [3.05, 3.63) is 35.4 Å². The van der Waals surface area contributed by atoms with Crippen LogP contribution in [0.3, 0.4) is 0 Å². The first-order chi connectivity index (χ1) is 9.15. The van der Waals surface area contributed by atoms with Gasteiger partial charge in [0, 0.05) is 0 Å². The smallest absolute Gasteiger partial charge is 0.162 e. The lowest BCUT2D eigenvalue weighted by Crippen LogP contribution is -2.21. The SMILES string of the molecule is CC(c1ccc(C(C)C(C)(C)[SiH2]O)cc1)C(C)(C)[SiH2]O. The standard InChI is InChI=1S/C16H30O2Si2/c1-11(15(3,4)19-17)13-7-9-14(10-8-13)12(2)16(5,6)20-18/h7-12,17-18H,19-20H2,1-6H3. The molecule has 0 amide bonds. The van der Waals surface area contributed by atoms with E-state index in [0.717, 1.165) is 0 Å². The van der Waals surface area contributed by atoms with Crippen LogP contribution in [0.1, 0.15) is 64.5 Å². The van der Waals surface area contributed by atoms with E-state index >= 15 is 0 Å². The molecule has 0 aromatic heterocycles. The fourth-order valence-electron chi connectivity index (χ4n) is 2.25. The van der Waals surface area contributed by atoms with Crippen LogP contribution in [0.5, 0.6) is 0 Å². The van der Waals surface area contributed by atoms with Crippen molar-refractivity contribution in [2.45, 2.75) is 63.5 Å². The Morgan fingerprint density at radius 2 is 1.00 bits per heavy atom. The molecule has 0 aliphatic rings. The molecule has 2 unspecified atom stereocenters. The van der Waals surface area contributed by atoms with Gasteiger partial charge in [0.2, 0.25) is 0 Å². The lowest BCUT2D eigenvalue weighted by molar-refractivity contribution is 0.471. The summed E-state index contributed by atoms with van der Waals surface area (Å²) in [5.41, 5.74) is 2.60. The second-order valence-electron chi connectivity index (χ2n) is 7.40. The summed E-state index contributed by atoms with van der Waals surface area (Å²) in [6, 6.07) is 8.77. The summed E-state index contributed by atoms with van der Waals surface area (Å²) < 4.78 is 0. The van der Waals surface area contributed by atoms with E-state index in [1.165, 1.54) is 11.1 Å². The highest BCUT2D eigenvalue weighted by atomic mass is 28.2. The number of hydrogen-bond acceptors (Lipinski definition) is 2. The molecule has 0 saturated carbocycles. The molecule has 2 atom stereocenters. The first-order valence-electron chi connectivity index (χ1n) is 7.47. The minimum absolute atomic E-state index is 0.0322. The molecular formula is C16H30O2Si2. The summed E-state index contributed by atoms with van der Waals surface area (Å²) in [5.74, 6) is 0.757. The van der Waals surface area contributed by atoms with E-state index in [-0.39, 0.29) is 10.1 Å². The minimum atomic E-state index is -1.03. The van der Waals surface area contributed by atoms with Crippen LogP contribution in [0.4, 0.5) is 0 Å². The van der Waals surface area contributed by atoms with Crippen molar-refractivity contribution in [2.75, 3.05) is 0 Å². The molecule has 4 heteroatoms. The summed E-state index contributed by atoms with van der Waals surface area (Å²) in [7, 11) is -2.06. The van der Waals surface area contributed by atoms with Crippen LogP contribution in [0.2, 0.25) is 10.1 Å². The third kappa shape index (κ3) is 3.81. The summed E-state index contributed by atoms with van der Waals surface area (Å²) in [6.07, 6.45) is 0. The Kier molecular flexibility index (Phi) is 5.78. The Bertz CT molecular complexity index is 386. The Hall–Kier alpha value is -0.426. The molecular weight excluding hydrogens is 280 g/mol. The third-order valence-corrected chi connectivity index (χ3v) is 7.95. The quantitative estimate of drug-likeness (QED) is 0.792. The molecule has 0 bridgehead atoms. The molecule has 0 saturated heterocycles. The monoisotopic (exact) mass is 310 g/mol. The molecule has 2 N–H and O–H groups in total. The second-order valence-corrected chi connectivity index (χ2v) is 11.7. The van der Waals surface area contributed by atoms with Crippen LogP contribution in [-0.4, -0.2) is 29.1 Å². The van der Waals surface area contributed by atoms with E-state index in [9.17, 15) is 9.59 Å². The van der Waals surface area contributed by atoms with Crippen LogP contribution in [0, 0.1) is 0 Å². The number of benzene rings is 1. The maximum atomic E-state index is 9.62. The number of hydrogen-bond donors (Lipinski definition) is 2. The lowest BCUT2D eigenvalue weighted by Gasteiger charge is -2.31. The van der Waals surface area contributed by atoms with Gasteiger partial charge in [0.05, 0.1) is 0 Å². The van der Waals surface area contributed by atoms with Gasteiger partial charge in [-0.25, -0.2) is 0 Å². The van der Waals surface area contributed by atoms with Crippen LogP contribution in [-0.2, 0) is 0 Å². The van der Waals surface area contributed by atoms with E-state index in [1.54, 1.807) is 0 Å². The molecule has 0 radical (unpaired) electrons. The highest BCUT2D eigenvalue weighted by molar-refractivity contribution is 6.31. The Morgan fingerprint density at radius 3 is 1.20 bits per heavy atom. The zero-order valence-electron chi connectivity index (χ0n) is 13.8. The predicted octanol–water partition coefficient (Wildman–Crippen LogP) is 2.44. The first kappa shape index (κ1) is 17.6. The highest BCUT2D eigenvalue weighted by Gasteiger charge is 2.29. The van der Waals surface area contributed by atoms with Gasteiger partial charge in [0.25, 0.3) is 0 Å². The third-order valence-electron chi connectivity index (χ3n) is 5.10. The van der Waals surface area contributed by atoms with Crippen molar-refractivity contribution >= 4 is 19.5 Å². The zero-order chi connectivity index (χ0) is 15.6. The normalized spacial score (nSPS) is 17.2. The largest absolute Gasteiger partial charge is 0.438 e. The molecule has 1 rings (SSSR count). The van der Waals surface area contributed by atoms with Gasteiger partial charge in [-0.3, -0.25) is 0 Å². The molecule has 1 aromatic rings. The Morgan fingerprint density at radius 1 is 0.750 bits per heavy atom. The van der Waals surface area contributed by atoms with E-state index in [4.69, 9.17) is 0 Å². The van der Waals surface area contributed by atoms with E-state index < -0.39 is 19.5 Å². The predicted molar refractivity (Wildman–Crippen MR) is 92.9 cm³/mol. The van der Waals surface area contributed by atoms with Gasteiger partial charge < -0.3 is 9.59 Å². The van der Waals surface area contributed by atoms with Crippen molar-refractivity contribution in [1.29, 1.82) is 0 Å². The average molecular weight is 311 g/mol. The molecule has 0 fully saturated rings. The van der Waals surface area contributed by atoms with Crippen molar-refractivity contribution in [3.8, 4) is 0 Å². The minimum Gasteiger partial charge on any atom is -0.438 e. The van der Waals surface area contributed by atoms with Gasteiger partial charge in [0.1, 0.15) is 0 Å². The molecule has 0 spiro atoms. The lowest BCUT2D eigenvalue weighted by atomic mass is 9.85. The van der Waals surface area contributed by atoms with Gasteiger partial charge in [-0.2, -0.15) is 0 Å². The van der Waals surface area contributed by atoms with E-state index in [1.807, 2.05) is 0 Å². The van der Waals surface area contributed by atoms with Crippen LogP contribution in [0.15, 0.2) is 24.3 Å². The highest BCUT2D eigenvalue weighted by Crippen LogP contribution is 2.42. The van der Waals surface area contributed by atoms with Crippen LogP contribution in [0.25, 0.3) is 0 Å². The second kappa shape index (κ2) is 6.56. The molecule has 1 aromatic carbocycles. The van der Waals surface area contributed by atoms with Crippen molar-refractivity contribution in [3.63, 3.8) is 0 Å². The molecule has 114 valence electrons.